The zero-order valence-electron chi connectivity index (χ0n) is 12.0. The van der Waals surface area contributed by atoms with Crippen LogP contribution in [0.1, 0.15) is 5.56 Å². The minimum atomic E-state index is -1.94. The van der Waals surface area contributed by atoms with Crippen molar-refractivity contribution in [2.45, 2.75) is 30.8 Å². The van der Waals surface area contributed by atoms with Gasteiger partial charge in [-0.1, -0.05) is 6.07 Å². The van der Waals surface area contributed by atoms with Crippen molar-refractivity contribution in [2.24, 2.45) is 0 Å². The number of methoxy groups -OCH3 is 1. The molecule has 0 amide bonds. The quantitative estimate of drug-likeness (QED) is 0.321. The van der Waals surface area contributed by atoms with Crippen molar-refractivity contribution in [1.29, 1.82) is 0 Å². The number of Topliss-reactive ketones (excluding diaryl/α,β-unsaturated/α-hetero) is 1. The molecule has 6 N–H and O–H groups in total. The summed E-state index contributed by atoms with van der Waals surface area (Å²) >= 11 is 0. The molecule has 0 saturated carbocycles. The molecule has 4 atom stereocenters. The third-order valence-corrected chi connectivity index (χ3v) is 3.21. The number of carbonyl (C=O) groups is 1. The standard InChI is InChI=1S/C14H20O8/c1-22-11-5-7(2-3-8(11)16)4-9(17)12(19)14(21)13(20)10(18)6-15/h2-3,5,10,12-16,18-21H,4,6H2,1H3. The molecule has 0 spiro atoms. The van der Waals surface area contributed by atoms with Gasteiger partial charge in [0.15, 0.2) is 17.3 Å². The highest BCUT2D eigenvalue weighted by molar-refractivity contribution is 5.85. The Hall–Kier alpha value is -1.71. The van der Waals surface area contributed by atoms with E-state index in [-0.39, 0.29) is 17.9 Å². The van der Waals surface area contributed by atoms with Crippen molar-refractivity contribution in [1.82, 2.24) is 0 Å². The second-order valence-corrected chi connectivity index (χ2v) is 4.83. The molecule has 0 aliphatic rings. The normalized spacial score (nSPS) is 16.6. The van der Waals surface area contributed by atoms with Gasteiger partial charge in [0.2, 0.25) is 0 Å². The number of ketones is 1. The van der Waals surface area contributed by atoms with Crippen molar-refractivity contribution >= 4 is 5.78 Å². The zero-order chi connectivity index (χ0) is 16.9. The summed E-state index contributed by atoms with van der Waals surface area (Å²) in [4.78, 5) is 11.9. The second-order valence-electron chi connectivity index (χ2n) is 4.83. The molecule has 0 fully saturated rings. The van der Waals surface area contributed by atoms with Gasteiger partial charge >= 0.3 is 0 Å². The van der Waals surface area contributed by atoms with Crippen LogP contribution < -0.4 is 4.74 Å². The smallest absolute Gasteiger partial charge is 0.168 e. The number of hydrogen-bond acceptors (Lipinski definition) is 8. The average molecular weight is 316 g/mol. The minimum absolute atomic E-state index is 0.110. The van der Waals surface area contributed by atoms with Gasteiger partial charge in [-0.05, 0) is 17.7 Å². The molecule has 4 unspecified atom stereocenters. The zero-order valence-corrected chi connectivity index (χ0v) is 12.0. The van der Waals surface area contributed by atoms with Crippen LogP contribution in [-0.2, 0) is 11.2 Å². The van der Waals surface area contributed by atoms with Gasteiger partial charge in [-0.2, -0.15) is 0 Å². The molecule has 0 aliphatic carbocycles. The molecule has 1 aromatic carbocycles. The molecule has 0 bridgehead atoms. The summed E-state index contributed by atoms with van der Waals surface area (Å²) in [6.45, 7) is -0.825. The van der Waals surface area contributed by atoms with E-state index in [9.17, 15) is 30.3 Å². The molecule has 0 aromatic heterocycles. The SMILES string of the molecule is COc1cc(CC(=O)C(O)C(O)C(O)C(O)CO)ccc1O. The molecule has 124 valence electrons. The number of aromatic hydroxyl groups is 1. The van der Waals surface area contributed by atoms with Crippen LogP contribution in [0.15, 0.2) is 18.2 Å². The highest BCUT2D eigenvalue weighted by Gasteiger charge is 2.33. The number of phenolic OH excluding ortho intramolecular Hbond substituents is 1. The third kappa shape index (κ3) is 4.39. The topological polar surface area (TPSA) is 148 Å². The Balaban J connectivity index is 2.75. The van der Waals surface area contributed by atoms with Crippen LogP contribution in [0.4, 0.5) is 0 Å². The predicted octanol–water partition coefficient (Wildman–Crippen LogP) is -2.05. The summed E-state index contributed by atoms with van der Waals surface area (Å²) < 4.78 is 4.89. The molecule has 8 nitrogen and oxygen atoms in total. The average Bonchev–Trinajstić information content (AvgIpc) is 2.53. The van der Waals surface area contributed by atoms with Crippen LogP contribution in [0.3, 0.4) is 0 Å². The Morgan fingerprint density at radius 3 is 2.36 bits per heavy atom. The third-order valence-electron chi connectivity index (χ3n) is 3.21. The van der Waals surface area contributed by atoms with Gasteiger partial charge in [-0.15, -0.1) is 0 Å². The molecular weight excluding hydrogens is 296 g/mol. The van der Waals surface area contributed by atoms with E-state index in [1.807, 2.05) is 0 Å². The molecule has 0 saturated heterocycles. The fourth-order valence-electron chi connectivity index (χ4n) is 1.85. The first-order valence-corrected chi connectivity index (χ1v) is 6.53. The second kappa shape index (κ2) is 8.06. The van der Waals surface area contributed by atoms with E-state index < -0.39 is 36.8 Å². The highest BCUT2D eigenvalue weighted by Crippen LogP contribution is 2.26. The summed E-state index contributed by atoms with van der Waals surface area (Å²) in [6.07, 6.45) is -7.69. The number of aliphatic hydroxyl groups is 5. The van der Waals surface area contributed by atoms with Crippen molar-refractivity contribution in [3.05, 3.63) is 23.8 Å². The number of hydrogen-bond donors (Lipinski definition) is 6. The first-order chi connectivity index (χ1) is 10.3. The lowest BCUT2D eigenvalue weighted by Gasteiger charge is -2.24. The van der Waals surface area contributed by atoms with Crippen LogP contribution in [0, 0.1) is 0 Å². The van der Waals surface area contributed by atoms with E-state index in [0.717, 1.165) is 0 Å². The maximum Gasteiger partial charge on any atom is 0.168 e. The van der Waals surface area contributed by atoms with E-state index in [1.54, 1.807) is 0 Å². The van der Waals surface area contributed by atoms with E-state index >= 15 is 0 Å². The Kier molecular flexibility index (Phi) is 6.72. The van der Waals surface area contributed by atoms with E-state index in [0.29, 0.717) is 5.56 Å². The van der Waals surface area contributed by atoms with Crippen LogP contribution in [-0.4, -0.2) is 74.6 Å². The Bertz CT molecular complexity index is 504. The number of rotatable bonds is 8. The molecule has 1 aromatic rings. The van der Waals surface area contributed by atoms with Gasteiger partial charge < -0.3 is 35.4 Å². The lowest BCUT2D eigenvalue weighted by molar-refractivity contribution is -0.146. The molecule has 0 heterocycles. The number of benzene rings is 1. The Morgan fingerprint density at radius 2 is 1.82 bits per heavy atom. The Labute approximate surface area is 126 Å². The first kappa shape index (κ1) is 18.3. The van der Waals surface area contributed by atoms with Crippen molar-refractivity contribution in [3.63, 3.8) is 0 Å². The summed E-state index contributed by atoms with van der Waals surface area (Å²) in [6, 6.07) is 4.15. The maximum atomic E-state index is 11.9. The maximum absolute atomic E-state index is 11.9. The lowest BCUT2D eigenvalue weighted by Crippen LogP contribution is -2.49. The Morgan fingerprint density at radius 1 is 1.18 bits per heavy atom. The van der Waals surface area contributed by atoms with Gasteiger partial charge in [0.1, 0.15) is 24.4 Å². The van der Waals surface area contributed by atoms with Gasteiger partial charge in [0.25, 0.3) is 0 Å². The molecular formula is C14H20O8. The molecule has 1 rings (SSSR count). The monoisotopic (exact) mass is 316 g/mol. The summed E-state index contributed by atoms with van der Waals surface area (Å²) in [5, 5.41) is 56.1. The number of ether oxygens (including phenoxy) is 1. The lowest BCUT2D eigenvalue weighted by atomic mass is 9.96. The van der Waals surface area contributed by atoms with E-state index in [4.69, 9.17) is 9.84 Å². The fourth-order valence-corrected chi connectivity index (χ4v) is 1.85. The van der Waals surface area contributed by atoms with Crippen LogP contribution in [0.2, 0.25) is 0 Å². The van der Waals surface area contributed by atoms with Crippen LogP contribution in [0.25, 0.3) is 0 Å². The van der Waals surface area contributed by atoms with E-state index in [2.05, 4.69) is 0 Å². The van der Waals surface area contributed by atoms with Gasteiger partial charge in [0.05, 0.1) is 13.7 Å². The summed E-state index contributed by atoms with van der Waals surface area (Å²) in [7, 11) is 1.34. The van der Waals surface area contributed by atoms with Crippen LogP contribution >= 0.6 is 0 Å². The number of phenols is 1. The van der Waals surface area contributed by atoms with Crippen molar-refractivity contribution < 1.29 is 40.2 Å². The first-order valence-electron chi connectivity index (χ1n) is 6.53. The largest absolute Gasteiger partial charge is 0.504 e. The summed E-state index contributed by atoms with van der Waals surface area (Å²) in [5.41, 5.74) is 0.420. The van der Waals surface area contributed by atoms with Crippen molar-refractivity contribution in [2.75, 3.05) is 13.7 Å². The molecule has 0 aliphatic heterocycles. The van der Waals surface area contributed by atoms with E-state index in [1.165, 1.54) is 25.3 Å². The predicted molar refractivity (Wildman–Crippen MR) is 74.5 cm³/mol. The summed E-state index contributed by atoms with van der Waals surface area (Å²) in [5.74, 6) is -0.763. The van der Waals surface area contributed by atoms with Gasteiger partial charge in [0, 0.05) is 6.42 Å². The molecule has 8 heteroatoms. The van der Waals surface area contributed by atoms with Gasteiger partial charge in [-0.25, -0.2) is 0 Å². The van der Waals surface area contributed by atoms with Gasteiger partial charge in [-0.3, -0.25) is 4.79 Å². The fraction of sp³-hybridized carbons (Fsp3) is 0.500. The van der Waals surface area contributed by atoms with Crippen molar-refractivity contribution in [3.8, 4) is 11.5 Å². The molecule has 0 radical (unpaired) electrons. The number of aliphatic hydroxyl groups excluding tert-OH is 5. The van der Waals surface area contributed by atoms with Crippen LogP contribution in [0.5, 0.6) is 11.5 Å². The number of carbonyl (C=O) groups excluding carboxylic acids is 1. The molecule has 22 heavy (non-hydrogen) atoms. The highest BCUT2D eigenvalue weighted by atomic mass is 16.5. The minimum Gasteiger partial charge on any atom is -0.504 e.